The Balaban J connectivity index is 1.56. The van der Waals surface area contributed by atoms with E-state index in [0.29, 0.717) is 18.8 Å². The smallest absolute Gasteiger partial charge is 0.250 e. The third kappa shape index (κ3) is 5.48. The first-order valence-corrected chi connectivity index (χ1v) is 11.6. The Labute approximate surface area is 174 Å². The molecule has 9 heteroatoms. The zero-order valence-electron chi connectivity index (χ0n) is 15.1. The summed E-state index contributed by atoms with van der Waals surface area (Å²) in [6, 6.07) is 10.2. The highest BCUT2D eigenvalue weighted by molar-refractivity contribution is 7.89. The summed E-state index contributed by atoms with van der Waals surface area (Å²) in [5.74, 6) is -0.338. The number of hydrogen-bond acceptors (Lipinski definition) is 5. The van der Waals surface area contributed by atoms with Gasteiger partial charge >= 0.3 is 0 Å². The number of rotatable bonds is 5. The molecule has 0 bridgehead atoms. The van der Waals surface area contributed by atoms with Gasteiger partial charge in [-0.2, -0.15) is 4.31 Å². The fraction of sp³-hybridized carbons (Fsp3) is 0.263. The number of piperidine rings is 1. The second-order valence-corrected chi connectivity index (χ2v) is 9.61. The van der Waals surface area contributed by atoms with Crippen molar-refractivity contribution < 1.29 is 13.2 Å². The molecule has 1 aromatic heterocycles. The number of hydrogen-bond donors (Lipinski definition) is 2. The summed E-state index contributed by atoms with van der Waals surface area (Å²) >= 11 is 6.67. The third-order valence-corrected chi connectivity index (χ3v) is 7.20. The average molecular weight is 436 g/mol. The molecule has 0 spiro atoms. The number of thiophene rings is 1. The number of thiocarbonyl (C=S) groups is 1. The summed E-state index contributed by atoms with van der Waals surface area (Å²) < 4.78 is 26.8. The van der Waals surface area contributed by atoms with Crippen molar-refractivity contribution in [3.05, 3.63) is 52.7 Å². The molecule has 1 fully saturated rings. The Morgan fingerprint density at radius 3 is 2.46 bits per heavy atom. The van der Waals surface area contributed by atoms with Crippen LogP contribution in [0, 0.1) is 0 Å². The van der Waals surface area contributed by atoms with E-state index in [1.165, 1.54) is 21.7 Å². The van der Waals surface area contributed by atoms with Crippen molar-refractivity contribution in [2.45, 2.75) is 24.2 Å². The maximum atomic E-state index is 12.7. The minimum atomic E-state index is -3.46. The Morgan fingerprint density at radius 2 is 1.82 bits per heavy atom. The second kappa shape index (κ2) is 9.42. The Hall–Kier alpha value is -2.07. The van der Waals surface area contributed by atoms with Crippen LogP contribution in [0.2, 0.25) is 0 Å². The van der Waals surface area contributed by atoms with Crippen LogP contribution in [0.4, 0.5) is 5.69 Å². The molecule has 28 heavy (non-hydrogen) atoms. The maximum Gasteiger partial charge on any atom is 0.250 e. The Kier molecular flexibility index (Phi) is 6.95. The normalized spacial score (nSPS) is 15.4. The van der Waals surface area contributed by atoms with Crippen LogP contribution in [-0.2, 0) is 14.8 Å². The highest BCUT2D eigenvalue weighted by Crippen LogP contribution is 2.22. The molecule has 0 saturated carbocycles. The van der Waals surface area contributed by atoms with E-state index in [1.807, 2.05) is 17.5 Å². The molecule has 0 aliphatic carbocycles. The molecule has 1 aliphatic heterocycles. The quantitative estimate of drug-likeness (QED) is 0.556. The Morgan fingerprint density at radius 1 is 1.11 bits per heavy atom. The lowest BCUT2D eigenvalue weighted by atomic mass is 10.2. The van der Waals surface area contributed by atoms with Gasteiger partial charge in [0.1, 0.15) is 0 Å². The van der Waals surface area contributed by atoms with Crippen LogP contribution in [0.15, 0.2) is 52.7 Å². The molecule has 1 amide bonds. The lowest BCUT2D eigenvalue weighted by Crippen LogP contribution is -2.35. The fourth-order valence-electron chi connectivity index (χ4n) is 2.82. The van der Waals surface area contributed by atoms with Crippen molar-refractivity contribution in [2.24, 2.45) is 0 Å². The Bertz CT molecular complexity index is 946. The summed E-state index contributed by atoms with van der Waals surface area (Å²) in [5.41, 5.74) is 0.602. The van der Waals surface area contributed by atoms with Crippen LogP contribution in [0.1, 0.15) is 24.1 Å². The number of anilines is 1. The number of sulfonamides is 1. The van der Waals surface area contributed by atoms with E-state index >= 15 is 0 Å². The molecule has 0 atom stereocenters. The van der Waals surface area contributed by atoms with E-state index in [1.54, 1.807) is 30.3 Å². The van der Waals surface area contributed by atoms with Gasteiger partial charge in [-0.15, -0.1) is 11.3 Å². The summed E-state index contributed by atoms with van der Waals surface area (Å²) in [4.78, 5) is 13.1. The van der Waals surface area contributed by atoms with E-state index in [9.17, 15) is 13.2 Å². The highest BCUT2D eigenvalue weighted by atomic mass is 32.2. The molecule has 148 valence electrons. The molecule has 0 radical (unpaired) electrons. The number of benzene rings is 1. The van der Waals surface area contributed by atoms with Crippen molar-refractivity contribution in [1.29, 1.82) is 0 Å². The average Bonchev–Trinajstić information content (AvgIpc) is 3.21. The van der Waals surface area contributed by atoms with Crippen LogP contribution in [0.3, 0.4) is 0 Å². The molecular weight excluding hydrogens is 414 g/mol. The fourth-order valence-corrected chi connectivity index (χ4v) is 5.18. The molecule has 1 aliphatic rings. The van der Waals surface area contributed by atoms with Gasteiger partial charge in [-0.05, 0) is 66.8 Å². The van der Waals surface area contributed by atoms with E-state index in [4.69, 9.17) is 12.2 Å². The van der Waals surface area contributed by atoms with Gasteiger partial charge in [-0.25, -0.2) is 8.42 Å². The molecule has 2 aromatic rings. The summed E-state index contributed by atoms with van der Waals surface area (Å²) in [6.45, 7) is 1.13. The zero-order valence-corrected chi connectivity index (χ0v) is 17.6. The summed E-state index contributed by atoms with van der Waals surface area (Å²) in [7, 11) is -3.46. The standard InChI is InChI=1S/C19H21N3O3S3/c23-18(11-8-16-5-4-14-27-16)21-19(26)20-15-6-9-17(10-7-15)28(24,25)22-12-2-1-3-13-22/h4-11,14H,1-3,12-13H2,(H2,20,21,23,26)/b11-8+. The minimum absolute atomic E-state index is 0.146. The van der Waals surface area contributed by atoms with Gasteiger partial charge in [0.05, 0.1) is 4.90 Å². The van der Waals surface area contributed by atoms with Crippen LogP contribution in [0.5, 0.6) is 0 Å². The van der Waals surface area contributed by atoms with Crippen molar-refractivity contribution in [1.82, 2.24) is 9.62 Å². The predicted octanol–water partition coefficient (Wildman–Crippen LogP) is 3.45. The lowest BCUT2D eigenvalue weighted by molar-refractivity contribution is -0.115. The van der Waals surface area contributed by atoms with Gasteiger partial charge in [0.15, 0.2) is 5.11 Å². The molecule has 1 saturated heterocycles. The van der Waals surface area contributed by atoms with Crippen molar-refractivity contribution >= 4 is 56.4 Å². The zero-order chi connectivity index (χ0) is 20.0. The highest BCUT2D eigenvalue weighted by Gasteiger charge is 2.25. The lowest BCUT2D eigenvalue weighted by Gasteiger charge is -2.25. The van der Waals surface area contributed by atoms with Gasteiger partial charge in [0, 0.05) is 29.7 Å². The van der Waals surface area contributed by atoms with Crippen LogP contribution < -0.4 is 10.6 Å². The van der Waals surface area contributed by atoms with E-state index < -0.39 is 10.0 Å². The first-order chi connectivity index (χ1) is 13.4. The largest absolute Gasteiger partial charge is 0.332 e. The van der Waals surface area contributed by atoms with Crippen molar-refractivity contribution in [3.63, 3.8) is 0 Å². The second-order valence-electron chi connectivity index (χ2n) is 6.28. The molecule has 3 rings (SSSR count). The molecule has 0 unspecified atom stereocenters. The topological polar surface area (TPSA) is 78.5 Å². The minimum Gasteiger partial charge on any atom is -0.332 e. The number of amides is 1. The van der Waals surface area contributed by atoms with Crippen molar-refractivity contribution in [2.75, 3.05) is 18.4 Å². The van der Waals surface area contributed by atoms with Gasteiger partial charge in [-0.1, -0.05) is 12.5 Å². The van der Waals surface area contributed by atoms with Crippen LogP contribution >= 0.6 is 23.6 Å². The van der Waals surface area contributed by atoms with E-state index in [0.717, 1.165) is 24.1 Å². The number of carbonyl (C=O) groups is 1. The van der Waals surface area contributed by atoms with Crippen LogP contribution in [0.25, 0.3) is 6.08 Å². The summed E-state index contributed by atoms with van der Waals surface area (Å²) in [6.07, 6.45) is 5.99. The number of nitrogens with one attached hydrogen (secondary N) is 2. The number of carbonyl (C=O) groups excluding carboxylic acids is 1. The molecular formula is C19H21N3O3S3. The maximum absolute atomic E-state index is 12.7. The predicted molar refractivity (Wildman–Crippen MR) is 117 cm³/mol. The molecule has 6 nitrogen and oxygen atoms in total. The first kappa shape index (κ1) is 20.7. The SMILES string of the molecule is O=C(/C=C/c1cccs1)NC(=S)Nc1ccc(S(=O)(=O)N2CCCCC2)cc1. The molecule has 1 aromatic carbocycles. The first-order valence-electron chi connectivity index (χ1n) is 8.89. The molecule has 2 heterocycles. The monoisotopic (exact) mass is 435 g/mol. The van der Waals surface area contributed by atoms with E-state index in [2.05, 4.69) is 10.6 Å². The van der Waals surface area contributed by atoms with Gasteiger partial charge < -0.3 is 5.32 Å². The summed E-state index contributed by atoms with van der Waals surface area (Å²) in [5, 5.41) is 7.52. The van der Waals surface area contributed by atoms with Gasteiger partial charge in [0.25, 0.3) is 0 Å². The molecule has 2 N–H and O–H groups in total. The van der Waals surface area contributed by atoms with E-state index in [-0.39, 0.29) is 15.9 Å². The van der Waals surface area contributed by atoms with Crippen LogP contribution in [-0.4, -0.2) is 36.8 Å². The van der Waals surface area contributed by atoms with Gasteiger partial charge in [-0.3, -0.25) is 10.1 Å². The van der Waals surface area contributed by atoms with Gasteiger partial charge in [0.2, 0.25) is 15.9 Å². The third-order valence-electron chi connectivity index (χ3n) is 4.24. The number of nitrogens with zero attached hydrogens (tertiary/aromatic N) is 1. The van der Waals surface area contributed by atoms with Crippen molar-refractivity contribution in [3.8, 4) is 0 Å².